The number of methoxy groups -OCH3 is 1. The van der Waals surface area contributed by atoms with Crippen molar-refractivity contribution < 1.29 is 27.4 Å². The van der Waals surface area contributed by atoms with Gasteiger partial charge in [-0.05, 0) is 55.2 Å². The van der Waals surface area contributed by atoms with E-state index < -0.39 is 9.84 Å². The SMILES string of the molecule is COCc1cnc(-c2cc(Oc3ccc(S(C)(=O)=O)cc3)cc(OC(C)C)c2)[n+]([O-])c1. The number of nitrogens with zero attached hydrogens (tertiary/aromatic N) is 2. The Morgan fingerprint density at radius 3 is 2.32 bits per heavy atom. The number of sulfone groups is 1. The molecule has 0 saturated carbocycles. The summed E-state index contributed by atoms with van der Waals surface area (Å²) in [7, 11) is -1.75. The molecule has 0 aliphatic carbocycles. The first-order valence-electron chi connectivity index (χ1n) is 9.53. The largest absolute Gasteiger partial charge is 0.710 e. The van der Waals surface area contributed by atoms with Crippen molar-refractivity contribution in [2.24, 2.45) is 0 Å². The van der Waals surface area contributed by atoms with E-state index in [-0.39, 0.29) is 23.4 Å². The van der Waals surface area contributed by atoms with Crippen LogP contribution in [0.15, 0.2) is 59.8 Å². The van der Waals surface area contributed by atoms with Crippen molar-refractivity contribution in [2.75, 3.05) is 13.4 Å². The highest BCUT2D eigenvalue weighted by molar-refractivity contribution is 7.90. The molecule has 0 unspecified atom stereocenters. The molecule has 0 saturated heterocycles. The van der Waals surface area contributed by atoms with Crippen LogP contribution < -0.4 is 14.2 Å². The Balaban J connectivity index is 1.97. The Labute approximate surface area is 181 Å². The summed E-state index contributed by atoms with van der Waals surface area (Å²) in [6, 6.07) is 11.2. The molecule has 0 N–H and O–H groups in total. The lowest BCUT2D eigenvalue weighted by atomic mass is 10.1. The Morgan fingerprint density at radius 1 is 1.06 bits per heavy atom. The number of ether oxygens (including phenoxy) is 3. The zero-order valence-corrected chi connectivity index (χ0v) is 18.5. The van der Waals surface area contributed by atoms with Crippen molar-refractivity contribution in [2.45, 2.75) is 31.5 Å². The van der Waals surface area contributed by atoms with Gasteiger partial charge >= 0.3 is 5.82 Å². The maximum atomic E-state index is 12.5. The maximum Gasteiger partial charge on any atom is 0.333 e. The Morgan fingerprint density at radius 2 is 1.74 bits per heavy atom. The molecule has 0 fully saturated rings. The third-order valence-corrected chi connectivity index (χ3v) is 5.28. The molecule has 0 radical (unpaired) electrons. The molecule has 1 aromatic heterocycles. The zero-order chi connectivity index (χ0) is 22.6. The minimum atomic E-state index is -3.30. The van der Waals surface area contributed by atoms with Crippen LogP contribution in [0.1, 0.15) is 19.4 Å². The molecule has 0 atom stereocenters. The third-order valence-electron chi connectivity index (χ3n) is 4.15. The summed E-state index contributed by atoms with van der Waals surface area (Å²) >= 11 is 0. The molecular formula is C22H24N2O6S. The van der Waals surface area contributed by atoms with Crippen molar-refractivity contribution >= 4 is 9.84 Å². The van der Waals surface area contributed by atoms with Gasteiger partial charge in [-0.1, -0.05) is 0 Å². The summed E-state index contributed by atoms with van der Waals surface area (Å²) in [5.41, 5.74) is 1.16. The zero-order valence-electron chi connectivity index (χ0n) is 17.7. The summed E-state index contributed by atoms with van der Waals surface area (Å²) in [5, 5.41) is 12.5. The summed E-state index contributed by atoms with van der Waals surface area (Å²) in [4.78, 5) is 4.47. The standard InChI is InChI=1S/C22H24N2O6S/c1-15(2)29-19-9-17(22-23-12-16(14-28-3)13-24(22)25)10-20(11-19)30-18-5-7-21(8-6-18)31(4,26)27/h5-13,15H,14H2,1-4H3. The van der Waals surface area contributed by atoms with E-state index in [4.69, 9.17) is 14.2 Å². The van der Waals surface area contributed by atoms with Gasteiger partial charge in [0.2, 0.25) is 0 Å². The highest BCUT2D eigenvalue weighted by atomic mass is 32.2. The molecule has 1 heterocycles. The number of benzene rings is 2. The minimum Gasteiger partial charge on any atom is -0.710 e. The van der Waals surface area contributed by atoms with Gasteiger partial charge in [-0.3, -0.25) is 0 Å². The van der Waals surface area contributed by atoms with Crippen LogP contribution in [-0.2, 0) is 21.2 Å². The molecular weight excluding hydrogens is 420 g/mol. The average molecular weight is 445 g/mol. The van der Waals surface area contributed by atoms with Crippen molar-refractivity contribution in [1.82, 2.24) is 4.98 Å². The third kappa shape index (κ3) is 5.93. The summed E-state index contributed by atoms with van der Waals surface area (Å²) in [6.45, 7) is 4.06. The second kappa shape index (κ2) is 9.32. The van der Waals surface area contributed by atoms with Crippen molar-refractivity contribution in [1.29, 1.82) is 0 Å². The summed E-state index contributed by atoms with van der Waals surface area (Å²) < 4.78 is 40.7. The monoisotopic (exact) mass is 444 g/mol. The van der Waals surface area contributed by atoms with E-state index in [2.05, 4.69) is 4.98 Å². The molecule has 3 aromatic rings. The van der Waals surface area contributed by atoms with Crippen LogP contribution in [-0.4, -0.2) is 32.9 Å². The van der Waals surface area contributed by atoms with Gasteiger partial charge in [0.25, 0.3) is 0 Å². The van der Waals surface area contributed by atoms with Gasteiger partial charge in [0, 0.05) is 19.4 Å². The van der Waals surface area contributed by atoms with E-state index in [0.29, 0.717) is 33.1 Å². The molecule has 0 bridgehead atoms. The molecule has 3 rings (SSSR count). The molecule has 0 aliphatic rings. The van der Waals surface area contributed by atoms with Gasteiger partial charge in [-0.25, -0.2) is 13.1 Å². The van der Waals surface area contributed by atoms with Gasteiger partial charge in [0.1, 0.15) is 29.6 Å². The summed E-state index contributed by atoms with van der Waals surface area (Å²) in [5.74, 6) is 1.56. The van der Waals surface area contributed by atoms with E-state index in [1.807, 2.05) is 13.8 Å². The van der Waals surface area contributed by atoms with Crippen molar-refractivity contribution in [3.05, 3.63) is 65.6 Å². The first kappa shape index (κ1) is 22.5. The molecule has 8 nitrogen and oxygen atoms in total. The number of aromatic nitrogens is 2. The van der Waals surface area contributed by atoms with Gasteiger partial charge in [-0.15, -0.1) is 0 Å². The number of rotatable bonds is 8. The van der Waals surface area contributed by atoms with Gasteiger partial charge in [0.05, 0.1) is 28.7 Å². The highest BCUT2D eigenvalue weighted by Crippen LogP contribution is 2.31. The van der Waals surface area contributed by atoms with Crippen LogP contribution in [0, 0.1) is 5.21 Å². The number of hydrogen-bond acceptors (Lipinski definition) is 7. The Kier molecular flexibility index (Phi) is 6.77. The maximum absolute atomic E-state index is 12.5. The topological polar surface area (TPSA) is 102 Å². The lowest BCUT2D eigenvalue weighted by molar-refractivity contribution is -0.597. The quantitative estimate of drug-likeness (QED) is 0.387. The lowest BCUT2D eigenvalue weighted by Crippen LogP contribution is -2.30. The number of hydrogen-bond donors (Lipinski definition) is 0. The lowest BCUT2D eigenvalue weighted by Gasteiger charge is -2.14. The summed E-state index contributed by atoms with van der Waals surface area (Å²) in [6.07, 6.45) is 4.04. The normalized spacial score (nSPS) is 11.5. The van der Waals surface area contributed by atoms with E-state index in [1.165, 1.54) is 18.3 Å². The predicted molar refractivity (Wildman–Crippen MR) is 115 cm³/mol. The van der Waals surface area contributed by atoms with Gasteiger partial charge in [0.15, 0.2) is 9.84 Å². The van der Waals surface area contributed by atoms with Crippen LogP contribution in [0.5, 0.6) is 17.2 Å². The second-order valence-electron chi connectivity index (χ2n) is 7.25. The minimum absolute atomic E-state index is 0.0893. The molecule has 9 heteroatoms. The Bertz CT molecular complexity index is 1160. The highest BCUT2D eigenvalue weighted by Gasteiger charge is 2.17. The first-order valence-corrected chi connectivity index (χ1v) is 11.4. The first-order chi connectivity index (χ1) is 14.7. The van der Waals surface area contributed by atoms with Crippen LogP contribution in [0.3, 0.4) is 0 Å². The van der Waals surface area contributed by atoms with Gasteiger partial charge in [-0.2, -0.15) is 0 Å². The van der Waals surface area contributed by atoms with Crippen LogP contribution in [0.2, 0.25) is 0 Å². The fourth-order valence-corrected chi connectivity index (χ4v) is 3.51. The van der Waals surface area contributed by atoms with Crippen LogP contribution >= 0.6 is 0 Å². The van der Waals surface area contributed by atoms with Gasteiger partial charge < -0.3 is 19.4 Å². The molecule has 0 spiro atoms. The van der Waals surface area contributed by atoms with Crippen LogP contribution in [0.25, 0.3) is 11.4 Å². The van der Waals surface area contributed by atoms with E-state index >= 15 is 0 Å². The molecule has 0 amide bonds. The fraction of sp³-hybridized carbons (Fsp3) is 0.273. The second-order valence-corrected chi connectivity index (χ2v) is 9.27. The molecule has 164 valence electrons. The van der Waals surface area contributed by atoms with Crippen LogP contribution in [0.4, 0.5) is 0 Å². The Hall–Kier alpha value is -3.17. The molecule has 31 heavy (non-hydrogen) atoms. The molecule has 2 aromatic carbocycles. The molecule has 0 aliphatic heterocycles. The average Bonchev–Trinajstić information content (AvgIpc) is 2.67. The van der Waals surface area contributed by atoms with E-state index in [0.717, 1.165) is 6.26 Å². The van der Waals surface area contributed by atoms with E-state index in [1.54, 1.807) is 43.6 Å². The smallest absolute Gasteiger partial charge is 0.333 e. The van der Waals surface area contributed by atoms with Crippen molar-refractivity contribution in [3.8, 4) is 28.6 Å². The van der Waals surface area contributed by atoms with Crippen molar-refractivity contribution in [3.63, 3.8) is 0 Å². The predicted octanol–water partition coefficient (Wildman–Crippen LogP) is 3.51. The van der Waals surface area contributed by atoms with E-state index in [9.17, 15) is 13.6 Å². The fourth-order valence-electron chi connectivity index (χ4n) is 2.88.